The third-order valence-electron chi connectivity index (χ3n) is 3.80. The zero-order valence-electron chi connectivity index (χ0n) is 13.5. The van der Waals surface area contributed by atoms with E-state index in [1.807, 2.05) is 18.4 Å². The molecule has 0 saturated carbocycles. The number of aromatic nitrogens is 2. The van der Waals surface area contributed by atoms with E-state index in [4.69, 9.17) is 0 Å². The van der Waals surface area contributed by atoms with Gasteiger partial charge in [-0.25, -0.2) is 4.98 Å². The van der Waals surface area contributed by atoms with Crippen LogP contribution in [0.5, 0.6) is 0 Å². The van der Waals surface area contributed by atoms with E-state index in [0.717, 1.165) is 35.9 Å². The molecule has 0 bridgehead atoms. The average Bonchev–Trinajstić information content (AvgIpc) is 2.90. The highest BCUT2D eigenvalue weighted by atomic mass is 32.1. The molecule has 5 heteroatoms. The van der Waals surface area contributed by atoms with Crippen molar-refractivity contribution in [1.82, 2.24) is 14.3 Å². The Kier molecular flexibility index (Phi) is 4.88. The minimum Gasteiger partial charge on any atom is -0.293 e. The molecule has 1 aromatic carbocycles. The topological polar surface area (TPSA) is 37.6 Å². The van der Waals surface area contributed by atoms with Crippen LogP contribution in [0.4, 0.5) is 0 Å². The van der Waals surface area contributed by atoms with Crippen molar-refractivity contribution < 1.29 is 0 Å². The molecule has 2 heterocycles. The summed E-state index contributed by atoms with van der Waals surface area (Å²) in [4.78, 5) is 20.1. The predicted molar refractivity (Wildman–Crippen MR) is 94.9 cm³/mol. The summed E-state index contributed by atoms with van der Waals surface area (Å²) < 4.78 is 1.68. The number of rotatable bonds is 6. The normalized spacial score (nSPS) is 11.4. The zero-order chi connectivity index (χ0) is 16.2. The number of hydrogen-bond acceptors (Lipinski definition) is 4. The third kappa shape index (κ3) is 3.68. The molecule has 3 rings (SSSR count). The molecule has 0 unspecified atom stereocenters. The molecule has 0 atom stereocenters. The first-order valence-corrected chi connectivity index (χ1v) is 8.78. The number of hydrogen-bond donors (Lipinski definition) is 0. The summed E-state index contributed by atoms with van der Waals surface area (Å²) in [5, 5.41) is 1.97. The van der Waals surface area contributed by atoms with Crippen molar-refractivity contribution in [3.8, 4) is 0 Å². The first kappa shape index (κ1) is 15.9. The van der Waals surface area contributed by atoms with Crippen LogP contribution >= 0.6 is 11.3 Å². The largest absolute Gasteiger partial charge is 0.293 e. The Morgan fingerprint density at radius 2 is 2.00 bits per heavy atom. The van der Waals surface area contributed by atoms with Crippen LogP contribution in [0, 0.1) is 6.92 Å². The van der Waals surface area contributed by atoms with Gasteiger partial charge in [0.05, 0.1) is 5.69 Å². The second-order valence-corrected chi connectivity index (χ2v) is 6.61. The molecule has 0 amide bonds. The highest BCUT2D eigenvalue weighted by Crippen LogP contribution is 2.13. The van der Waals surface area contributed by atoms with Gasteiger partial charge in [-0.05, 0) is 25.5 Å². The molecule has 0 fully saturated rings. The quantitative estimate of drug-likeness (QED) is 0.696. The van der Waals surface area contributed by atoms with Crippen molar-refractivity contribution in [1.29, 1.82) is 0 Å². The lowest BCUT2D eigenvalue weighted by molar-refractivity contribution is 0.254. The number of nitrogens with zero attached hydrogens (tertiary/aromatic N) is 3. The summed E-state index contributed by atoms with van der Waals surface area (Å²) in [7, 11) is 0. The lowest BCUT2D eigenvalue weighted by Crippen LogP contribution is -2.26. The third-order valence-corrected chi connectivity index (χ3v) is 4.75. The second-order valence-electron chi connectivity index (χ2n) is 5.78. The van der Waals surface area contributed by atoms with Gasteiger partial charge >= 0.3 is 0 Å². The van der Waals surface area contributed by atoms with Crippen LogP contribution in [0.1, 0.15) is 30.3 Å². The van der Waals surface area contributed by atoms with Gasteiger partial charge in [-0.3, -0.25) is 14.1 Å². The van der Waals surface area contributed by atoms with E-state index in [-0.39, 0.29) is 5.56 Å². The maximum absolute atomic E-state index is 12.3. The van der Waals surface area contributed by atoms with E-state index in [2.05, 4.69) is 41.1 Å². The summed E-state index contributed by atoms with van der Waals surface area (Å²) in [5.74, 6) is 0. The van der Waals surface area contributed by atoms with Crippen LogP contribution < -0.4 is 5.56 Å². The number of fused-ring (bicyclic) bond motifs is 1. The van der Waals surface area contributed by atoms with E-state index in [9.17, 15) is 4.79 Å². The maximum Gasteiger partial charge on any atom is 0.259 e. The van der Waals surface area contributed by atoms with E-state index >= 15 is 0 Å². The van der Waals surface area contributed by atoms with E-state index in [1.54, 1.807) is 10.5 Å². The van der Waals surface area contributed by atoms with Crippen molar-refractivity contribution in [3.63, 3.8) is 0 Å². The number of aryl methyl sites for hydroxylation is 1. The molecule has 2 aromatic heterocycles. The maximum atomic E-state index is 12.3. The Balaban J connectivity index is 1.84. The van der Waals surface area contributed by atoms with Crippen molar-refractivity contribution in [2.45, 2.75) is 33.4 Å². The molecular formula is C18H21N3OS. The number of benzene rings is 1. The first-order chi connectivity index (χ1) is 11.2. The van der Waals surface area contributed by atoms with Gasteiger partial charge in [0.15, 0.2) is 4.96 Å². The Morgan fingerprint density at radius 1 is 1.22 bits per heavy atom. The Labute approximate surface area is 140 Å². The lowest BCUT2D eigenvalue weighted by Gasteiger charge is -2.21. The summed E-state index contributed by atoms with van der Waals surface area (Å²) in [6.07, 6.45) is 1.08. The fraction of sp³-hybridized carbons (Fsp3) is 0.333. The van der Waals surface area contributed by atoms with Crippen LogP contribution in [-0.2, 0) is 13.1 Å². The first-order valence-electron chi connectivity index (χ1n) is 7.90. The van der Waals surface area contributed by atoms with Crippen LogP contribution in [0.25, 0.3) is 4.96 Å². The van der Waals surface area contributed by atoms with Gasteiger partial charge in [0.2, 0.25) is 0 Å². The van der Waals surface area contributed by atoms with Gasteiger partial charge in [-0.1, -0.05) is 37.3 Å². The molecule has 0 spiro atoms. The SMILES string of the molecule is CCCN(Cc1ccccc1)Cc1cc(=O)n2c(C)csc2n1. The molecule has 0 aliphatic rings. The Hall–Kier alpha value is -1.98. The van der Waals surface area contributed by atoms with Crippen LogP contribution in [0.3, 0.4) is 0 Å². The molecule has 4 nitrogen and oxygen atoms in total. The zero-order valence-corrected chi connectivity index (χ0v) is 14.3. The molecule has 0 saturated heterocycles. The van der Waals surface area contributed by atoms with E-state index in [1.165, 1.54) is 16.9 Å². The molecular weight excluding hydrogens is 306 g/mol. The number of thiazole rings is 1. The molecule has 0 radical (unpaired) electrons. The fourth-order valence-electron chi connectivity index (χ4n) is 2.78. The highest BCUT2D eigenvalue weighted by Gasteiger charge is 2.11. The summed E-state index contributed by atoms with van der Waals surface area (Å²) in [5.41, 5.74) is 3.09. The van der Waals surface area contributed by atoms with E-state index in [0.29, 0.717) is 6.54 Å². The average molecular weight is 327 g/mol. The summed E-state index contributed by atoms with van der Waals surface area (Å²) >= 11 is 1.52. The second kappa shape index (κ2) is 7.06. The van der Waals surface area contributed by atoms with Gasteiger partial charge < -0.3 is 0 Å². The van der Waals surface area contributed by atoms with E-state index < -0.39 is 0 Å². The van der Waals surface area contributed by atoms with Crippen molar-refractivity contribution in [2.75, 3.05) is 6.54 Å². The van der Waals surface area contributed by atoms with Gasteiger partial charge in [0.25, 0.3) is 5.56 Å². The highest BCUT2D eigenvalue weighted by molar-refractivity contribution is 7.15. The van der Waals surface area contributed by atoms with Gasteiger partial charge in [-0.2, -0.15) is 0 Å². The fourth-order valence-corrected chi connectivity index (χ4v) is 3.67. The standard InChI is InChI=1S/C18H21N3OS/c1-3-9-20(11-15-7-5-4-6-8-15)12-16-10-17(22)21-14(2)13-23-18(21)19-16/h4-8,10,13H,3,9,11-12H2,1-2H3. The predicted octanol–water partition coefficient (Wildman–Crippen LogP) is 3.48. The minimum atomic E-state index is 0.0138. The molecule has 120 valence electrons. The Bertz CT molecular complexity index is 838. The van der Waals surface area contributed by atoms with Gasteiger partial charge in [0, 0.05) is 30.2 Å². The molecule has 3 aromatic rings. The lowest BCUT2D eigenvalue weighted by atomic mass is 10.2. The minimum absolute atomic E-state index is 0.0138. The molecule has 0 aliphatic heterocycles. The summed E-state index contributed by atoms with van der Waals surface area (Å²) in [6, 6.07) is 12.1. The Morgan fingerprint density at radius 3 is 2.74 bits per heavy atom. The smallest absolute Gasteiger partial charge is 0.259 e. The van der Waals surface area contributed by atoms with Crippen molar-refractivity contribution in [3.05, 3.63) is 69.1 Å². The van der Waals surface area contributed by atoms with Crippen LogP contribution in [0.15, 0.2) is 46.6 Å². The summed E-state index contributed by atoms with van der Waals surface area (Å²) in [6.45, 7) is 6.67. The van der Waals surface area contributed by atoms with Gasteiger partial charge in [-0.15, -0.1) is 11.3 Å². The molecule has 0 N–H and O–H groups in total. The van der Waals surface area contributed by atoms with Crippen LogP contribution in [-0.4, -0.2) is 20.8 Å². The molecule has 0 aliphatic carbocycles. The van der Waals surface area contributed by atoms with Crippen molar-refractivity contribution in [2.24, 2.45) is 0 Å². The van der Waals surface area contributed by atoms with Crippen molar-refractivity contribution >= 4 is 16.3 Å². The van der Waals surface area contributed by atoms with Gasteiger partial charge in [0.1, 0.15) is 0 Å². The van der Waals surface area contributed by atoms with Crippen LogP contribution in [0.2, 0.25) is 0 Å². The molecule has 23 heavy (non-hydrogen) atoms. The monoisotopic (exact) mass is 327 g/mol.